The largest absolute Gasteiger partial charge is 0.480 e. The predicted octanol–water partition coefficient (Wildman–Crippen LogP) is 0.932. The van der Waals surface area contributed by atoms with Crippen LogP contribution in [-0.2, 0) is 4.79 Å². The second-order valence-electron chi connectivity index (χ2n) is 2.69. The molecule has 1 rings (SSSR count). The number of hydrogen-bond donors (Lipinski definition) is 3. The number of halogens is 1. The van der Waals surface area contributed by atoms with Gasteiger partial charge < -0.3 is 16.2 Å². The summed E-state index contributed by atoms with van der Waals surface area (Å²) in [5.41, 5.74) is 6.18. The summed E-state index contributed by atoms with van der Waals surface area (Å²) in [6.45, 7) is 0.235. The second kappa shape index (κ2) is 6.23. The molecule has 1 aromatic rings. The molecule has 0 bridgehead atoms. The van der Waals surface area contributed by atoms with Crippen LogP contribution in [0.5, 0.6) is 0 Å². The van der Waals surface area contributed by atoms with Gasteiger partial charge in [0.15, 0.2) is 0 Å². The lowest BCUT2D eigenvalue weighted by Crippen LogP contribution is -2.36. The Morgan fingerprint density at radius 2 is 2.00 bits per heavy atom. The third-order valence-electron chi connectivity index (χ3n) is 1.62. The number of carboxylic acid groups (broad SMARTS) is 1. The van der Waals surface area contributed by atoms with Crippen LogP contribution in [0.4, 0.5) is 5.69 Å². The Morgan fingerprint density at radius 3 is 2.50 bits per heavy atom. The van der Waals surface area contributed by atoms with Crippen LogP contribution in [0, 0.1) is 0 Å². The van der Waals surface area contributed by atoms with E-state index in [1.54, 1.807) is 0 Å². The van der Waals surface area contributed by atoms with Crippen molar-refractivity contribution in [2.75, 3.05) is 11.9 Å². The SMILES string of the molecule is Cl.N[C@@H](CNc1ccccc1)C(=O)O. The van der Waals surface area contributed by atoms with Crippen molar-refractivity contribution in [3.8, 4) is 0 Å². The number of rotatable bonds is 4. The van der Waals surface area contributed by atoms with E-state index >= 15 is 0 Å². The van der Waals surface area contributed by atoms with E-state index < -0.39 is 12.0 Å². The molecule has 4 N–H and O–H groups in total. The van der Waals surface area contributed by atoms with Crippen molar-refractivity contribution in [1.29, 1.82) is 0 Å². The number of hydrogen-bond acceptors (Lipinski definition) is 3. The van der Waals surface area contributed by atoms with Crippen molar-refractivity contribution >= 4 is 24.1 Å². The fraction of sp³-hybridized carbons (Fsp3) is 0.222. The van der Waals surface area contributed by atoms with E-state index in [2.05, 4.69) is 5.32 Å². The quantitative estimate of drug-likeness (QED) is 0.700. The number of nitrogens with two attached hydrogens (primary N) is 1. The van der Waals surface area contributed by atoms with Crippen LogP contribution < -0.4 is 11.1 Å². The standard InChI is InChI=1S/C9H12N2O2.ClH/c10-8(9(12)13)6-11-7-4-2-1-3-5-7;/h1-5,8,11H,6,10H2,(H,12,13);1H/t8-;/m0./s1. The molecule has 0 aliphatic heterocycles. The van der Waals surface area contributed by atoms with Gasteiger partial charge in [0.05, 0.1) is 0 Å². The summed E-state index contributed by atoms with van der Waals surface area (Å²) < 4.78 is 0. The van der Waals surface area contributed by atoms with Gasteiger partial charge in [-0.15, -0.1) is 12.4 Å². The predicted molar refractivity (Wildman–Crippen MR) is 57.8 cm³/mol. The minimum absolute atomic E-state index is 0. The molecule has 0 heterocycles. The molecule has 0 saturated heterocycles. The van der Waals surface area contributed by atoms with Crippen molar-refractivity contribution in [3.63, 3.8) is 0 Å². The first-order chi connectivity index (χ1) is 6.20. The molecule has 78 valence electrons. The molecule has 0 radical (unpaired) electrons. The normalized spacial score (nSPS) is 11.2. The average molecular weight is 217 g/mol. The Bertz CT molecular complexity index is 279. The highest BCUT2D eigenvalue weighted by Crippen LogP contribution is 2.03. The lowest BCUT2D eigenvalue weighted by molar-refractivity contribution is -0.138. The minimum Gasteiger partial charge on any atom is -0.480 e. The molecule has 1 atom stereocenters. The van der Waals surface area contributed by atoms with Gasteiger partial charge in [0.1, 0.15) is 6.04 Å². The lowest BCUT2D eigenvalue weighted by Gasteiger charge is -2.08. The molecule has 14 heavy (non-hydrogen) atoms. The van der Waals surface area contributed by atoms with Gasteiger partial charge in [0.2, 0.25) is 0 Å². The third kappa shape index (κ3) is 4.11. The Hall–Kier alpha value is -1.26. The number of nitrogens with one attached hydrogen (secondary N) is 1. The fourth-order valence-electron chi connectivity index (χ4n) is 0.871. The van der Waals surface area contributed by atoms with E-state index in [1.807, 2.05) is 30.3 Å². The van der Waals surface area contributed by atoms with Gasteiger partial charge in [-0.1, -0.05) is 18.2 Å². The zero-order valence-electron chi connectivity index (χ0n) is 7.51. The Labute approximate surface area is 88.5 Å². The van der Waals surface area contributed by atoms with Crippen LogP contribution in [-0.4, -0.2) is 23.7 Å². The second-order valence-corrected chi connectivity index (χ2v) is 2.69. The molecule has 0 amide bonds. The van der Waals surface area contributed by atoms with E-state index in [4.69, 9.17) is 10.8 Å². The van der Waals surface area contributed by atoms with E-state index in [0.717, 1.165) is 5.69 Å². The van der Waals surface area contributed by atoms with Crippen LogP contribution in [0.25, 0.3) is 0 Å². The van der Waals surface area contributed by atoms with Gasteiger partial charge in [-0.25, -0.2) is 0 Å². The molecule has 0 aliphatic carbocycles. The van der Waals surface area contributed by atoms with Crippen LogP contribution >= 0.6 is 12.4 Å². The number of carboxylic acids is 1. The zero-order chi connectivity index (χ0) is 9.68. The first kappa shape index (κ1) is 12.7. The zero-order valence-corrected chi connectivity index (χ0v) is 8.33. The van der Waals surface area contributed by atoms with Gasteiger partial charge >= 0.3 is 5.97 Å². The maximum absolute atomic E-state index is 10.4. The first-order valence-corrected chi connectivity index (χ1v) is 3.97. The number of aliphatic carboxylic acids is 1. The first-order valence-electron chi connectivity index (χ1n) is 3.97. The number of benzene rings is 1. The van der Waals surface area contributed by atoms with E-state index in [0.29, 0.717) is 0 Å². The summed E-state index contributed by atoms with van der Waals surface area (Å²) in [6.07, 6.45) is 0. The third-order valence-corrected chi connectivity index (χ3v) is 1.62. The molecule has 5 heteroatoms. The highest BCUT2D eigenvalue weighted by atomic mass is 35.5. The fourth-order valence-corrected chi connectivity index (χ4v) is 0.871. The molecule has 0 saturated carbocycles. The van der Waals surface area contributed by atoms with Crippen LogP contribution in [0.3, 0.4) is 0 Å². The van der Waals surface area contributed by atoms with Crippen LogP contribution in [0.15, 0.2) is 30.3 Å². The smallest absolute Gasteiger partial charge is 0.322 e. The highest BCUT2D eigenvalue weighted by Gasteiger charge is 2.09. The molecular weight excluding hydrogens is 204 g/mol. The highest BCUT2D eigenvalue weighted by molar-refractivity contribution is 5.85. The Balaban J connectivity index is 0.00000169. The Kier molecular flexibility index (Phi) is 5.67. The van der Waals surface area contributed by atoms with Crippen molar-refractivity contribution in [2.45, 2.75) is 6.04 Å². The minimum atomic E-state index is -0.997. The molecule has 0 aliphatic rings. The van der Waals surface area contributed by atoms with Crippen molar-refractivity contribution in [1.82, 2.24) is 0 Å². The summed E-state index contributed by atoms with van der Waals surface area (Å²) in [6, 6.07) is 8.48. The monoisotopic (exact) mass is 216 g/mol. The maximum atomic E-state index is 10.4. The molecule has 0 fully saturated rings. The summed E-state index contributed by atoms with van der Waals surface area (Å²) in [5, 5.41) is 11.4. The summed E-state index contributed by atoms with van der Waals surface area (Å²) >= 11 is 0. The van der Waals surface area contributed by atoms with E-state index in [9.17, 15) is 4.79 Å². The topological polar surface area (TPSA) is 75.3 Å². The van der Waals surface area contributed by atoms with Gasteiger partial charge in [0.25, 0.3) is 0 Å². The van der Waals surface area contributed by atoms with Gasteiger partial charge in [-0.2, -0.15) is 0 Å². The van der Waals surface area contributed by atoms with Gasteiger partial charge in [0, 0.05) is 12.2 Å². The molecule has 0 spiro atoms. The summed E-state index contributed by atoms with van der Waals surface area (Å²) in [7, 11) is 0. The van der Waals surface area contributed by atoms with Gasteiger partial charge in [-0.05, 0) is 12.1 Å². The Morgan fingerprint density at radius 1 is 1.43 bits per heavy atom. The molecule has 1 aromatic carbocycles. The van der Waals surface area contributed by atoms with Gasteiger partial charge in [-0.3, -0.25) is 4.79 Å². The molecule has 0 unspecified atom stereocenters. The van der Waals surface area contributed by atoms with E-state index in [1.165, 1.54) is 0 Å². The van der Waals surface area contributed by atoms with Crippen LogP contribution in [0.1, 0.15) is 0 Å². The molecular formula is C9H13ClN2O2. The van der Waals surface area contributed by atoms with Crippen molar-refractivity contribution < 1.29 is 9.90 Å². The molecule has 0 aromatic heterocycles. The summed E-state index contributed by atoms with van der Waals surface area (Å²) in [5.74, 6) is -0.997. The number of carbonyl (C=O) groups is 1. The van der Waals surface area contributed by atoms with Crippen LogP contribution in [0.2, 0.25) is 0 Å². The summed E-state index contributed by atoms with van der Waals surface area (Å²) in [4.78, 5) is 10.4. The lowest BCUT2D eigenvalue weighted by atomic mass is 10.3. The average Bonchev–Trinajstić information content (AvgIpc) is 2.15. The maximum Gasteiger partial charge on any atom is 0.322 e. The number of para-hydroxylation sites is 1. The van der Waals surface area contributed by atoms with Crippen molar-refractivity contribution in [3.05, 3.63) is 30.3 Å². The van der Waals surface area contributed by atoms with Crippen molar-refractivity contribution in [2.24, 2.45) is 5.73 Å². The molecule has 4 nitrogen and oxygen atoms in total. The van der Waals surface area contributed by atoms with E-state index in [-0.39, 0.29) is 19.0 Å². The number of anilines is 1.